The summed E-state index contributed by atoms with van der Waals surface area (Å²) >= 11 is 0. The minimum atomic E-state index is 0.00420. The van der Waals surface area contributed by atoms with Crippen molar-refractivity contribution in [2.24, 2.45) is 0 Å². The van der Waals surface area contributed by atoms with Crippen molar-refractivity contribution in [3.05, 3.63) is 35.4 Å². The van der Waals surface area contributed by atoms with Gasteiger partial charge in [-0.1, -0.05) is 24.3 Å². The average Bonchev–Trinajstić information content (AvgIpc) is 2.60. The van der Waals surface area contributed by atoms with E-state index in [1.807, 2.05) is 29.2 Å². The van der Waals surface area contributed by atoms with Gasteiger partial charge in [0.05, 0.1) is 13.2 Å². The monoisotopic (exact) mass is 348 g/mol. The first kappa shape index (κ1) is 19.2. The fraction of sp³-hybridized carbons (Fsp3) is 0.556. The smallest absolute Gasteiger partial charge is 0.319 e. The first-order valence-corrected chi connectivity index (χ1v) is 8.51. The number of ether oxygens (including phenoxy) is 1. The van der Waals surface area contributed by atoms with Gasteiger partial charge in [-0.2, -0.15) is 0 Å². The standard InChI is InChI=1S/C18H28N4O3/c1-20(2)18(24)22-9-7-21(8-10-22)13-17(23)19-12-15-5-4-6-16(11-15)14-25-3/h4-6,11H,7-10,12-14H2,1-3H3,(H,19,23). The molecule has 0 radical (unpaired) electrons. The van der Waals surface area contributed by atoms with Crippen LogP contribution in [0.4, 0.5) is 4.79 Å². The normalized spacial score (nSPS) is 15.1. The summed E-state index contributed by atoms with van der Waals surface area (Å²) in [6, 6.07) is 8.03. The molecule has 1 aromatic rings. The predicted molar refractivity (Wildman–Crippen MR) is 96.1 cm³/mol. The van der Waals surface area contributed by atoms with Crippen LogP contribution in [0.5, 0.6) is 0 Å². The molecule has 3 amide bonds. The summed E-state index contributed by atoms with van der Waals surface area (Å²) in [6.45, 7) is 4.19. The maximum Gasteiger partial charge on any atom is 0.319 e. The van der Waals surface area contributed by atoms with E-state index in [0.29, 0.717) is 32.8 Å². The Hall–Kier alpha value is -2.12. The van der Waals surface area contributed by atoms with Crippen LogP contribution in [0.3, 0.4) is 0 Å². The highest BCUT2D eigenvalue weighted by atomic mass is 16.5. The lowest BCUT2D eigenvalue weighted by molar-refractivity contribution is -0.122. The van der Waals surface area contributed by atoms with E-state index in [1.165, 1.54) is 0 Å². The molecule has 0 saturated carbocycles. The van der Waals surface area contributed by atoms with Gasteiger partial charge in [-0.25, -0.2) is 4.79 Å². The van der Waals surface area contributed by atoms with Crippen molar-refractivity contribution >= 4 is 11.9 Å². The number of urea groups is 1. The van der Waals surface area contributed by atoms with E-state index in [-0.39, 0.29) is 11.9 Å². The SMILES string of the molecule is COCc1cccc(CNC(=O)CN2CCN(C(=O)N(C)C)CC2)c1. The highest BCUT2D eigenvalue weighted by molar-refractivity contribution is 5.78. The van der Waals surface area contributed by atoms with Crippen molar-refractivity contribution in [1.29, 1.82) is 0 Å². The molecule has 0 spiro atoms. The lowest BCUT2D eigenvalue weighted by Crippen LogP contribution is -2.53. The Bertz CT molecular complexity index is 583. The third kappa shape index (κ3) is 6.03. The van der Waals surface area contributed by atoms with Gasteiger partial charge in [-0.3, -0.25) is 9.69 Å². The third-order valence-corrected chi connectivity index (χ3v) is 4.18. The molecule has 138 valence electrons. The number of piperazine rings is 1. The molecule has 1 saturated heterocycles. The summed E-state index contributed by atoms with van der Waals surface area (Å²) in [4.78, 5) is 29.5. The zero-order chi connectivity index (χ0) is 18.2. The number of rotatable bonds is 6. The van der Waals surface area contributed by atoms with Crippen LogP contribution in [0, 0.1) is 0 Å². The number of amides is 3. The summed E-state index contributed by atoms with van der Waals surface area (Å²) in [7, 11) is 5.17. The molecule has 0 aliphatic carbocycles. The Morgan fingerprint density at radius 2 is 1.84 bits per heavy atom. The van der Waals surface area contributed by atoms with E-state index < -0.39 is 0 Å². The van der Waals surface area contributed by atoms with Crippen LogP contribution in [-0.2, 0) is 22.7 Å². The van der Waals surface area contributed by atoms with Crippen molar-refractivity contribution in [2.75, 3.05) is 53.9 Å². The molecule has 1 fully saturated rings. The van der Waals surface area contributed by atoms with Gasteiger partial charge in [0.2, 0.25) is 5.91 Å². The molecule has 0 unspecified atom stereocenters. The van der Waals surface area contributed by atoms with Gasteiger partial charge in [0.15, 0.2) is 0 Å². The zero-order valence-corrected chi connectivity index (χ0v) is 15.3. The Morgan fingerprint density at radius 1 is 1.16 bits per heavy atom. The van der Waals surface area contributed by atoms with Crippen molar-refractivity contribution in [3.8, 4) is 0 Å². The molecule has 1 aliphatic rings. The number of carbonyl (C=O) groups is 2. The van der Waals surface area contributed by atoms with E-state index in [9.17, 15) is 9.59 Å². The summed E-state index contributed by atoms with van der Waals surface area (Å²) < 4.78 is 5.12. The Labute approximate surface area is 149 Å². The van der Waals surface area contributed by atoms with Crippen LogP contribution < -0.4 is 5.32 Å². The maximum absolute atomic E-state index is 12.2. The fourth-order valence-electron chi connectivity index (χ4n) is 2.84. The lowest BCUT2D eigenvalue weighted by Gasteiger charge is -2.35. The number of nitrogens with zero attached hydrogens (tertiary/aromatic N) is 3. The van der Waals surface area contributed by atoms with E-state index in [0.717, 1.165) is 24.2 Å². The predicted octanol–water partition coefficient (Wildman–Crippen LogP) is 0.748. The quantitative estimate of drug-likeness (QED) is 0.824. The number of hydrogen-bond acceptors (Lipinski definition) is 4. The van der Waals surface area contributed by atoms with Gasteiger partial charge in [0, 0.05) is 53.9 Å². The van der Waals surface area contributed by atoms with Gasteiger partial charge >= 0.3 is 6.03 Å². The molecule has 0 aromatic heterocycles. The molecule has 2 rings (SSSR count). The van der Waals surface area contributed by atoms with Crippen molar-refractivity contribution < 1.29 is 14.3 Å². The van der Waals surface area contributed by atoms with Crippen molar-refractivity contribution in [2.45, 2.75) is 13.2 Å². The fourth-order valence-corrected chi connectivity index (χ4v) is 2.84. The third-order valence-electron chi connectivity index (χ3n) is 4.18. The highest BCUT2D eigenvalue weighted by Crippen LogP contribution is 2.07. The molecule has 1 heterocycles. The Balaban J connectivity index is 1.72. The molecule has 0 atom stereocenters. The molecule has 1 aromatic carbocycles. The molecule has 1 aliphatic heterocycles. The van der Waals surface area contributed by atoms with Gasteiger partial charge < -0.3 is 19.9 Å². The van der Waals surface area contributed by atoms with Crippen LogP contribution in [0.15, 0.2) is 24.3 Å². The van der Waals surface area contributed by atoms with E-state index in [1.54, 1.807) is 26.1 Å². The van der Waals surface area contributed by atoms with E-state index in [4.69, 9.17) is 4.74 Å². The van der Waals surface area contributed by atoms with Crippen LogP contribution >= 0.6 is 0 Å². The second-order valence-corrected chi connectivity index (χ2v) is 6.47. The molecule has 7 nitrogen and oxygen atoms in total. The van der Waals surface area contributed by atoms with E-state index >= 15 is 0 Å². The molecule has 25 heavy (non-hydrogen) atoms. The zero-order valence-electron chi connectivity index (χ0n) is 15.3. The van der Waals surface area contributed by atoms with E-state index in [2.05, 4.69) is 10.2 Å². The number of methoxy groups -OCH3 is 1. The second kappa shape index (κ2) is 9.39. The van der Waals surface area contributed by atoms with Crippen LogP contribution in [0.25, 0.3) is 0 Å². The number of nitrogens with one attached hydrogen (secondary N) is 1. The van der Waals surface area contributed by atoms with Gasteiger partial charge in [0.1, 0.15) is 0 Å². The molecule has 0 bridgehead atoms. The largest absolute Gasteiger partial charge is 0.380 e. The summed E-state index contributed by atoms with van der Waals surface area (Å²) in [5.74, 6) is 0.00420. The van der Waals surface area contributed by atoms with Crippen LogP contribution in [0.2, 0.25) is 0 Å². The number of benzene rings is 1. The summed E-state index contributed by atoms with van der Waals surface area (Å²) in [5.41, 5.74) is 2.15. The highest BCUT2D eigenvalue weighted by Gasteiger charge is 2.23. The first-order chi connectivity index (χ1) is 12.0. The van der Waals surface area contributed by atoms with Gasteiger partial charge in [-0.05, 0) is 11.1 Å². The molecule has 1 N–H and O–H groups in total. The Kier molecular flexibility index (Phi) is 7.21. The number of hydrogen-bond donors (Lipinski definition) is 1. The second-order valence-electron chi connectivity index (χ2n) is 6.47. The summed E-state index contributed by atoms with van der Waals surface area (Å²) in [6.07, 6.45) is 0. The van der Waals surface area contributed by atoms with Crippen LogP contribution in [0.1, 0.15) is 11.1 Å². The van der Waals surface area contributed by atoms with Gasteiger partial charge in [-0.15, -0.1) is 0 Å². The van der Waals surface area contributed by atoms with Crippen LogP contribution in [-0.4, -0.2) is 80.6 Å². The lowest BCUT2D eigenvalue weighted by atomic mass is 10.1. The minimum absolute atomic E-state index is 0.00420. The molecular weight excluding hydrogens is 320 g/mol. The Morgan fingerprint density at radius 3 is 2.48 bits per heavy atom. The average molecular weight is 348 g/mol. The summed E-state index contributed by atoms with van der Waals surface area (Å²) in [5, 5.41) is 2.96. The number of carbonyl (C=O) groups excluding carboxylic acids is 2. The topological polar surface area (TPSA) is 65.1 Å². The van der Waals surface area contributed by atoms with Gasteiger partial charge in [0.25, 0.3) is 0 Å². The molecular formula is C18H28N4O3. The van der Waals surface area contributed by atoms with Crippen molar-refractivity contribution in [1.82, 2.24) is 20.0 Å². The molecule has 7 heteroatoms. The minimum Gasteiger partial charge on any atom is -0.380 e. The maximum atomic E-state index is 12.2. The first-order valence-electron chi connectivity index (χ1n) is 8.51. The van der Waals surface area contributed by atoms with Crippen molar-refractivity contribution in [3.63, 3.8) is 0 Å².